The van der Waals surface area contributed by atoms with E-state index < -0.39 is 0 Å². The third-order valence-corrected chi connectivity index (χ3v) is 4.77. The summed E-state index contributed by atoms with van der Waals surface area (Å²) in [7, 11) is 0. The van der Waals surface area contributed by atoms with Crippen LogP contribution >= 0.6 is 15.9 Å². The summed E-state index contributed by atoms with van der Waals surface area (Å²) in [5.41, 5.74) is 1.35. The van der Waals surface area contributed by atoms with Crippen molar-refractivity contribution >= 4 is 21.9 Å². The number of nitrogens with one attached hydrogen (secondary N) is 2. The first-order valence-electron chi connectivity index (χ1n) is 9.66. The van der Waals surface area contributed by atoms with Crippen LogP contribution in [0.4, 0.5) is 0 Å². The topological polar surface area (TPSA) is 75.3 Å². The van der Waals surface area contributed by atoms with Crippen molar-refractivity contribution in [2.24, 2.45) is 10.9 Å². The van der Waals surface area contributed by atoms with Crippen LogP contribution in [0.15, 0.2) is 38.3 Å². The number of rotatable bonds is 10. The molecule has 1 aromatic carbocycles. The van der Waals surface area contributed by atoms with E-state index in [9.17, 15) is 0 Å². The summed E-state index contributed by atoms with van der Waals surface area (Å²) >= 11 is 3.55. The Morgan fingerprint density at radius 1 is 1.30 bits per heavy atom. The van der Waals surface area contributed by atoms with Crippen LogP contribution in [0.3, 0.4) is 0 Å². The lowest BCUT2D eigenvalue weighted by Gasteiger charge is -2.15. The van der Waals surface area contributed by atoms with E-state index in [0.717, 1.165) is 55.7 Å². The average Bonchev–Trinajstić information content (AvgIpc) is 3.07. The maximum atomic E-state index is 5.14. The Labute approximate surface area is 170 Å². The van der Waals surface area contributed by atoms with E-state index >= 15 is 0 Å². The lowest BCUT2D eigenvalue weighted by Crippen LogP contribution is -2.38. The zero-order valence-corrected chi connectivity index (χ0v) is 18.1. The van der Waals surface area contributed by atoms with E-state index in [1.807, 2.05) is 6.92 Å². The predicted molar refractivity (Wildman–Crippen MR) is 113 cm³/mol. The number of aromatic nitrogens is 2. The van der Waals surface area contributed by atoms with Crippen LogP contribution in [0, 0.1) is 12.8 Å². The first kappa shape index (κ1) is 21.4. The number of hydrogen-bond acceptors (Lipinski definition) is 4. The highest BCUT2D eigenvalue weighted by molar-refractivity contribution is 9.10. The third-order valence-electron chi connectivity index (χ3n) is 4.27. The second kappa shape index (κ2) is 11.7. The van der Waals surface area contributed by atoms with Gasteiger partial charge in [0.25, 0.3) is 0 Å². The molecule has 2 rings (SSSR count). The predicted octanol–water partition coefficient (Wildman–Crippen LogP) is 3.90. The van der Waals surface area contributed by atoms with Gasteiger partial charge in [0.05, 0.1) is 0 Å². The maximum absolute atomic E-state index is 5.14. The summed E-state index contributed by atoms with van der Waals surface area (Å²) in [6.45, 7) is 8.61. The fourth-order valence-electron chi connectivity index (χ4n) is 2.79. The summed E-state index contributed by atoms with van der Waals surface area (Å²) in [5, 5.41) is 10.5. The number of aryl methyl sites for hydroxylation is 2. The number of aliphatic imine (C=N–C) groups is 1. The van der Waals surface area contributed by atoms with Gasteiger partial charge in [-0.2, -0.15) is 4.98 Å². The zero-order chi connectivity index (χ0) is 19.5. The number of hydrogen-bond donors (Lipinski definition) is 2. The molecule has 0 saturated heterocycles. The molecule has 0 aliphatic rings. The minimum absolute atomic E-state index is 0.524. The molecule has 0 aliphatic heterocycles. The molecule has 6 nitrogen and oxygen atoms in total. The first-order valence-corrected chi connectivity index (χ1v) is 10.5. The minimum atomic E-state index is 0.524. The van der Waals surface area contributed by atoms with Crippen LogP contribution in [0.5, 0.6) is 0 Å². The Kier molecular flexibility index (Phi) is 9.31. The number of guanidine groups is 1. The van der Waals surface area contributed by atoms with Crippen LogP contribution < -0.4 is 10.6 Å². The summed E-state index contributed by atoms with van der Waals surface area (Å²) in [5.74, 6) is 2.77. The van der Waals surface area contributed by atoms with Crippen LogP contribution in [-0.2, 0) is 12.8 Å². The van der Waals surface area contributed by atoms with Gasteiger partial charge in [-0.05, 0) is 50.3 Å². The van der Waals surface area contributed by atoms with Crippen LogP contribution in [0.2, 0.25) is 0 Å². The molecular formula is C20H30BrN5O. The average molecular weight is 436 g/mol. The van der Waals surface area contributed by atoms with Gasteiger partial charge in [0.15, 0.2) is 11.8 Å². The maximum Gasteiger partial charge on any atom is 0.226 e. The molecule has 0 saturated carbocycles. The Bertz CT molecular complexity index is 716. The van der Waals surface area contributed by atoms with Crippen molar-refractivity contribution in [1.82, 2.24) is 20.8 Å². The monoisotopic (exact) mass is 435 g/mol. The van der Waals surface area contributed by atoms with E-state index in [1.165, 1.54) is 5.56 Å². The van der Waals surface area contributed by atoms with Gasteiger partial charge < -0.3 is 15.2 Å². The van der Waals surface area contributed by atoms with Gasteiger partial charge in [0, 0.05) is 30.5 Å². The molecule has 1 heterocycles. The molecule has 0 radical (unpaired) electrons. The molecule has 0 fully saturated rings. The summed E-state index contributed by atoms with van der Waals surface area (Å²) in [6.07, 6.45) is 3.83. The largest absolute Gasteiger partial charge is 0.357 e. The van der Waals surface area contributed by atoms with Gasteiger partial charge in [0.1, 0.15) is 0 Å². The van der Waals surface area contributed by atoms with E-state index in [1.54, 1.807) is 0 Å². The minimum Gasteiger partial charge on any atom is -0.357 e. The molecule has 1 aromatic heterocycles. The Morgan fingerprint density at radius 3 is 2.81 bits per heavy atom. The molecule has 148 valence electrons. The SMILES string of the molecule is CCNC(=NCC(CC)Cc1cccc(Br)c1)NCCCc1nc(C)no1. The van der Waals surface area contributed by atoms with Crippen molar-refractivity contribution < 1.29 is 4.52 Å². The van der Waals surface area contributed by atoms with E-state index in [-0.39, 0.29) is 0 Å². The van der Waals surface area contributed by atoms with E-state index in [2.05, 4.69) is 74.8 Å². The normalized spacial score (nSPS) is 12.8. The van der Waals surface area contributed by atoms with Crippen molar-refractivity contribution in [2.45, 2.75) is 46.5 Å². The van der Waals surface area contributed by atoms with Crippen molar-refractivity contribution in [2.75, 3.05) is 19.6 Å². The molecule has 7 heteroatoms. The smallest absolute Gasteiger partial charge is 0.226 e. The second-order valence-electron chi connectivity index (χ2n) is 6.59. The molecule has 1 unspecified atom stereocenters. The lowest BCUT2D eigenvalue weighted by molar-refractivity contribution is 0.372. The second-order valence-corrected chi connectivity index (χ2v) is 7.51. The van der Waals surface area contributed by atoms with Crippen LogP contribution in [0.1, 0.15) is 44.0 Å². The molecule has 1 atom stereocenters. The van der Waals surface area contributed by atoms with Gasteiger partial charge in [-0.15, -0.1) is 0 Å². The van der Waals surface area contributed by atoms with Gasteiger partial charge >= 0.3 is 0 Å². The van der Waals surface area contributed by atoms with E-state index in [0.29, 0.717) is 17.6 Å². The number of nitrogens with zero attached hydrogens (tertiary/aromatic N) is 3. The van der Waals surface area contributed by atoms with Gasteiger partial charge in [0.2, 0.25) is 5.89 Å². The Morgan fingerprint density at radius 2 is 2.15 bits per heavy atom. The summed E-state index contributed by atoms with van der Waals surface area (Å²) in [4.78, 5) is 9.01. The van der Waals surface area contributed by atoms with Crippen molar-refractivity contribution in [1.29, 1.82) is 0 Å². The van der Waals surface area contributed by atoms with Crippen LogP contribution in [-0.4, -0.2) is 35.7 Å². The molecule has 2 aromatic rings. The van der Waals surface area contributed by atoms with Crippen molar-refractivity contribution in [3.8, 4) is 0 Å². The molecule has 0 amide bonds. The number of halogens is 1. The Hall–Kier alpha value is -1.89. The fraction of sp³-hybridized carbons (Fsp3) is 0.550. The summed E-state index contributed by atoms with van der Waals surface area (Å²) < 4.78 is 6.27. The molecular weight excluding hydrogens is 406 g/mol. The van der Waals surface area contributed by atoms with Gasteiger partial charge in [-0.3, -0.25) is 4.99 Å². The molecule has 2 N–H and O–H groups in total. The van der Waals surface area contributed by atoms with Crippen molar-refractivity contribution in [3.63, 3.8) is 0 Å². The summed E-state index contributed by atoms with van der Waals surface area (Å²) in [6, 6.07) is 8.52. The molecule has 0 bridgehead atoms. The van der Waals surface area contributed by atoms with Gasteiger partial charge in [-0.25, -0.2) is 0 Å². The quantitative estimate of drug-likeness (QED) is 0.336. The highest BCUT2D eigenvalue weighted by Gasteiger charge is 2.09. The molecule has 0 spiro atoms. The molecule has 27 heavy (non-hydrogen) atoms. The van der Waals surface area contributed by atoms with Crippen molar-refractivity contribution in [3.05, 3.63) is 46.0 Å². The molecule has 0 aliphatic carbocycles. The fourth-order valence-corrected chi connectivity index (χ4v) is 3.23. The van der Waals surface area contributed by atoms with Gasteiger partial charge in [-0.1, -0.05) is 46.6 Å². The van der Waals surface area contributed by atoms with E-state index in [4.69, 9.17) is 9.52 Å². The first-order chi connectivity index (χ1) is 13.1. The number of benzene rings is 1. The third kappa shape index (κ3) is 8.12. The Balaban J connectivity index is 1.81. The lowest BCUT2D eigenvalue weighted by atomic mass is 9.97. The zero-order valence-electron chi connectivity index (χ0n) is 16.5. The highest BCUT2D eigenvalue weighted by atomic mass is 79.9. The van der Waals surface area contributed by atoms with Crippen LogP contribution in [0.25, 0.3) is 0 Å². The standard InChI is InChI=1S/C20H30BrN5O/c1-4-16(12-17-8-6-9-18(21)13-17)14-24-20(22-5-2)23-11-7-10-19-25-15(3)26-27-19/h6,8-9,13,16H,4-5,7,10-12,14H2,1-3H3,(H2,22,23,24). The highest BCUT2D eigenvalue weighted by Crippen LogP contribution is 2.17.